The molecule has 126 valence electrons. The fraction of sp³-hybridized carbons (Fsp3) is 0.611. The Kier molecular flexibility index (Phi) is 5.70. The van der Waals surface area contributed by atoms with Crippen LogP contribution in [0.3, 0.4) is 0 Å². The third-order valence-corrected chi connectivity index (χ3v) is 5.54. The number of carbonyl (C=O) groups excluding carboxylic acids is 1. The normalized spacial score (nSPS) is 23.9. The highest BCUT2D eigenvalue weighted by Crippen LogP contribution is 2.34. The van der Waals surface area contributed by atoms with E-state index in [1.54, 1.807) is 11.8 Å². The summed E-state index contributed by atoms with van der Waals surface area (Å²) in [7, 11) is 0. The summed E-state index contributed by atoms with van der Waals surface area (Å²) in [5.74, 6) is 2.75. The third-order valence-electron chi connectivity index (χ3n) is 4.55. The first-order valence-corrected chi connectivity index (χ1v) is 9.53. The van der Waals surface area contributed by atoms with Crippen molar-refractivity contribution in [2.45, 2.75) is 50.0 Å². The van der Waals surface area contributed by atoms with Crippen LogP contribution in [0.15, 0.2) is 23.1 Å². The van der Waals surface area contributed by atoms with Gasteiger partial charge in [-0.3, -0.25) is 4.79 Å². The lowest BCUT2D eigenvalue weighted by molar-refractivity contribution is -0.119. The van der Waals surface area contributed by atoms with Crippen LogP contribution in [0.5, 0.6) is 11.5 Å². The fourth-order valence-electron chi connectivity index (χ4n) is 3.16. The van der Waals surface area contributed by atoms with Crippen molar-refractivity contribution in [3.8, 4) is 11.5 Å². The van der Waals surface area contributed by atoms with E-state index in [4.69, 9.17) is 9.47 Å². The molecule has 1 heterocycles. The summed E-state index contributed by atoms with van der Waals surface area (Å²) in [6.07, 6.45) is 5.76. The smallest absolute Gasteiger partial charge is 0.230 e. The lowest BCUT2D eigenvalue weighted by Crippen LogP contribution is -2.41. The quantitative estimate of drug-likeness (QED) is 0.854. The van der Waals surface area contributed by atoms with Gasteiger partial charge in [0.25, 0.3) is 0 Å². The number of rotatable bonds is 4. The van der Waals surface area contributed by atoms with Gasteiger partial charge in [0.15, 0.2) is 11.5 Å². The van der Waals surface area contributed by atoms with Gasteiger partial charge in [-0.25, -0.2) is 0 Å². The van der Waals surface area contributed by atoms with Gasteiger partial charge in [0, 0.05) is 17.4 Å². The molecule has 23 heavy (non-hydrogen) atoms. The molecule has 2 atom stereocenters. The highest BCUT2D eigenvalue weighted by molar-refractivity contribution is 8.00. The summed E-state index contributed by atoms with van der Waals surface area (Å²) >= 11 is 1.55. The molecule has 5 heteroatoms. The molecular formula is C18H25NO3S. The lowest BCUT2D eigenvalue weighted by Gasteiger charge is -2.29. The highest BCUT2D eigenvalue weighted by atomic mass is 32.2. The Labute approximate surface area is 142 Å². The van der Waals surface area contributed by atoms with Crippen molar-refractivity contribution in [1.82, 2.24) is 5.32 Å². The zero-order valence-corrected chi connectivity index (χ0v) is 14.5. The summed E-state index contributed by atoms with van der Waals surface area (Å²) in [6, 6.07) is 6.25. The average molecular weight is 335 g/mol. The Morgan fingerprint density at radius 1 is 1.17 bits per heavy atom. The number of amides is 1. The molecule has 0 saturated heterocycles. The zero-order chi connectivity index (χ0) is 16.1. The maximum Gasteiger partial charge on any atom is 0.230 e. The molecule has 1 saturated carbocycles. The van der Waals surface area contributed by atoms with Gasteiger partial charge in [-0.1, -0.05) is 19.8 Å². The minimum Gasteiger partial charge on any atom is -0.490 e. The second-order valence-corrected chi connectivity index (χ2v) is 7.43. The number of fused-ring (bicyclic) bond motifs is 1. The standard InChI is InChI=1S/C18H25NO3S/c1-13-5-2-3-6-15(13)19-18(20)12-23-14-7-8-16-17(11-14)22-10-4-9-21-16/h7-8,11,13,15H,2-6,9-10,12H2,1H3,(H,19,20)/t13-,15-/m0/s1. The first kappa shape index (κ1) is 16.5. The van der Waals surface area contributed by atoms with E-state index in [1.807, 2.05) is 18.2 Å². The molecule has 1 aliphatic heterocycles. The second kappa shape index (κ2) is 7.95. The van der Waals surface area contributed by atoms with Gasteiger partial charge in [-0.15, -0.1) is 11.8 Å². The van der Waals surface area contributed by atoms with Gasteiger partial charge in [0.2, 0.25) is 5.91 Å². The summed E-state index contributed by atoms with van der Waals surface area (Å²) in [5.41, 5.74) is 0. The van der Waals surface area contributed by atoms with Crippen LogP contribution in [0.2, 0.25) is 0 Å². The van der Waals surface area contributed by atoms with Gasteiger partial charge >= 0.3 is 0 Å². The molecule has 4 nitrogen and oxygen atoms in total. The number of nitrogens with one attached hydrogen (secondary N) is 1. The van der Waals surface area contributed by atoms with Crippen LogP contribution < -0.4 is 14.8 Å². The molecule has 1 aromatic rings. The zero-order valence-electron chi connectivity index (χ0n) is 13.7. The number of hydrogen-bond donors (Lipinski definition) is 1. The SMILES string of the molecule is C[C@H]1CCCC[C@@H]1NC(=O)CSc1ccc2c(c1)OCCCO2. The topological polar surface area (TPSA) is 47.6 Å². The Morgan fingerprint density at radius 3 is 2.78 bits per heavy atom. The maximum atomic E-state index is 12.2. The molecule has 1 amide bonds. The van der Waals surface area contributed by atoms with Crippen LogP contribution in [-0.4, -0.2) is 30.9 Å². The Bertz CT molecular complexity index is 549. The van der Waals surface area contributed by atoms with E-state index < -0.39 is 0 Å². The predicted octanol–water partition coefficient (Wildman–Crippen LogP) is 3.63. The van der Waals surface area contributed by atoms with Crippen LogP contribution in [0, 0.1) is 5.92 Å². The van der Waals surface area contributed by atoms with Gasteiger partial charge in [-0.2, -0.15) is 0 Å². The first-order valence-electron chi connectivity index (χ1n) is 8.54. The minimum absolute atomic E-state index is 0.126. The maximum absolute atomic E-state index is 12.2. The van der Waals surface area contributed by atoms with E-state index in [9.17, 15) is 4.79 Å². The molecule has 0 unspecified atom stereocenters. The third kappa shape index (κ3) is 4.56. The van der Waals surface area contributed by atoms with E-state index in [2.05, 4.69) is 12.2 Å². The minimum atomic E-state index is 0.126. The van der Waals surface area contributed by atoms with E-state index in [1.165, 1.54) is 19.3 Å². The van der Waals surface area contributed by atoms with Gasteiger partial charge in [0.1, 0.15) is 0 Å². The van der Waals surface area contributed by atoms with Crippen LogP contribution in [-0.2, 0) is 4.79 Å². The molecule has 0 radical (unpaired) electrons. The van der Waals surface area contributed by atoms with Crippen molar-refractivity contribution in [1.29, 1.82) is 0 Å². The van der Waals surface area contributed by atoms with Gasteiger partial charge in [0.05, 0.1) is 19.0 Å². The molecule has 1 aromatic carbocycles. The molecule has 2 aliphatic rings. The molecule has 0 spiro atoms. The molecule has 3 rings (SSSR count). The highest BCUT2D eigenvalue weighted by Gasteiger charge is 2.22. The van der Waals surface area contributed by atoms with E-state index in [-0.39, 0.29) is 5.91 Å². The average Bonchev–Trinajstić information content (AvgIpc) is 2.80. The van der Waals surface area contributed by atoms with Crippen LogP contribution in [0.4, 0.5) is 0 Å². The van der Waals surface area contributed by atoms with Crippen molar-refractivity contribution in [3.63, 3.8) is 0 Å². The van der Waals surface area contributed by atoms with Crippen molar-refractivity contribution in [3.05, 3.63) is 18.2 Å². The Balaban J connectivity index is 1.51. The number of thioether (sulfide) groups is 1. The van der Waals surface area contributed by atoms with Crippen LogP contribution >= 0.6 is 11.8 Å². The van der Waals surface area contributed by atoms with E-state index in [0.717, 1.165) is 29.2 Å². The molecule has 1 fully saturated rings. The summed E-state index contributed by atoms with van der Waals surface area (Å²) in [5, 5.41) is 3.20. The Morgan fingerprint density at radius 2 is 1.96 bits per heavy atom. The molecule has 0 aromatic heterocycles. The second-order valence-electron chi connectivity index (χ2n) is 6.38. The number of hydrogen-bond acceptors (Lipinski definition) is 4. The van der Waals surface area contributed by atoms with Gasteiger partial charge < -0.3 is 14.8 Å². The van der Waals surface area contributed by atoms with E-state index >= 15 is 0 Å². The van der Waals surface area contributed by atoms with E-state index in [0.29, 0.717) is 30.9 Å². The van der Waals surface area contributed by atoms with Crippen LogP contribution in [0.25, 0.3) is 0 Å². The molecule has 1 aliphatic carbocycles. The lowest BCUT2D eigenvalue weighted by atomic mass is 9.86. The molecule has 0 bridgehead atoms. The predicted molar refractivity (Wildman–Crippen MR) is 92.3 cm³/mol. The number of benzene rings is 1. The number of ether oxygens (including phenoxy) is 2. The monoisotopic (exact) mass is 335 g/mol. The number of carbonyl (C=O) groups is 1. The summed E-state index contributed by atoms with van der Waals surface area (Å²) in [4.78, 5) is 13.2. The molecular weight excluding hydrogens is 310 g/mol. The summed E-state index contributed by atoms with van der Waals surface area (Å²) < 4.78 is 11.3. The molecule has 1 N–H and O–H groups in total. The van der Waals surface area contributed by atoms with Crippen molar-refractivity contribution < 1.29 is 14.3 Å². The van der Waals surface area contributed by atoms with Gasteiger partial charge in [-0.05, 0) is 37.0 Å². The van der Waals surface area contributed by atoms with Crippen molar-refractivity contribution in [2.24, 2.45) is 5.92 Å². The Hall–Kier alpha value is -1.36. The largest absolute Gasteiger partial charge is 0.490 e. The van der Waals surface area contributed by atoms with Crippen molar-refractivity contribution in [2.75, 3.05) is 19.0 Å². The summed E-state index contributed by atoms with van der Waals surface area (Å²) in [6.45, 7) is 3.61. The first-order chi connectivity index (χ1) is 11.2. The van der Waals surface area contributed by atoms with Crippen LogP contribution in [0.1, 0.15) is 39.0 Å². The van der Waals surface area contributed by atoms with Crippen molar-refractivity contribution >= 4 is 17.7 Å². The fourth-order valence-corrected chi connectivity index (χ4v) is 3.90.